The van der Waals surface area contributed by atoms with E-state index < -0.39 is 6.10 Å². The van der Waals surface area contributed by atoms with Gasteiger partial charge < -0.3 is 15.4 Å². The molecule has 1 fully saturated rings. The third-order valence-corrected chi connectivity index (χ3v) is 4.37. The highest BCUT2D eigenvalue weighted by Gasteiger charge is 2.36. The van der Waals surface area contributed by atoms with Gasteiger partial charge in [0, 0.05) is 17.6 Å². The van der Waals surface area contributed by atoms with Crippen LogP contribution in [0.25, 0.3) is 0 Å². The largest absolute Gasteiger partial charge is 0.481 e. The van der Waals surface area contributed by atoms with Crippen LogP contribution in [0.1, 0.15) is 20.3 Å². The Kier molecular flexibility index (Phi) is 4.70. The van der Waals surface area contributed by atoms with Crippen LogP contribution in [0, 0.1) is 5.41 Å². The number of amides is 1. The van der Waals surface area contributed by atoms with Gasteiger partial charge in [-0.2, -0.15) is 0 Å². The van der Waals surface area contributed by atoms with Crippen LogP contribution in [0.5, 0.6) is 5.75 Å². The molecule has 1 aliphatic heterocycles. The first-order chi connectivity index (χ1) is 9.43. The Morgan fingerprint density at radius 2 is 2.15 bits per heavy atom. The monoisotopic (exact) mass is 340 g/mol. The van der Waals surface area contributed by atoms with Gasteiger partial charge in [0.25, 0.3) is 5.91 Å². The predicted octanol–water partition coefficient (Wildman–Crippen LogP) is 2.41. The van der Waals surface area contributed by atoms with E-state index in [0.717, 1.165) is 24.0 Å². The molecular weight excluding hydrogens is 320 g/mol. The average Bonchev–Trinajstić information content (AvgIpc) is 2.84. The first-order valence-electron chi connectivity index (χ1n) is 6.85. The third kappa shape index (κ3) is 3.52. The second-order valence-electron chi connectivity index (χ2n) is 5.74. The van der Waals surface area contributed by atoms with E-state index >= 15 is 0 Å². The number of nitrogens with two attached hydrogens (primary N) is 1. The van der Waals surface area contributed by atoms with Crippen molar-refractivity contribution in [1.29, 1.82) is 0 Å². The summed E-state index contributed by atoms with van der Waals surface area (Å²) >= 11 is 3.37. The van der Waals surface area contributed by atoms with Crippen LogP contribution >= 0.6 is 15.9 Å². The Morgan fingerprint density at radius 1 is 1.50 bits per heavy atom. The summed E-state index contributed by atoms with van der Waals surface area (Å²) in [5, 5.41) is 0. The van der Waals surface area contributed by atoms with Crippen molar-refractivity contribution in [3.05, 3.63) is 28.7 Å². The summed E-state index contributed by atoms with van der Waals surface area (Å²) in [6.45, 7) is 6.01. The molecule has 0 aromatic heterocycles. The molecule has 1 heterocycles. The number of likely N-dealkylation sites (tertiary alicyclic amines) is 1. The summed E-state index contributed by atoms with van der Waals surface area (Å²) in [6.07, 6.45) is 0.483. The topological polar surface area (TPSA) is 55.6 Å². The van der Waals surface area contributed by atoms with Gasteiger partial charge in [0.05, 0.1) is 0 Å². The molecule has 2 rings (SSSR count). The summed E-state index contributed by atoms with van der Waals surface area (Å²) in [5.41, 5.74) is 5.82. The molecule has 1 aliphatic rings. The number of benzene rings is 1. The van der Waals surface area contributed by atoms with Gasteiger partial charge in [-0.15, -0.1) is 0 Å². The van der Waals surface area contributed by atoms with Crippen LogP contribution in [-0.2, 0) is 4.79 Å². The normalized spacial score (nSPS) is 23.7. The van der Waals surface area contributed by atoms with Gasteiger partial charge in [-0.05, 0) is 49.6 Å². The van der Waals surface area contributed by atoms with E-state index in [2.05, 4.69) is 22.9 Å². The molecule has 1 aromatic carbocycles. The molecule has 0 spiro atoms. The molecule has 0 bridgehead atoms. The Balaban J connectivity index is 1.94. The van der Waals surface area contributed by atoms with Gasteiger partial charge in [-0.25, -0.2) is 0 Å². The number of carbonyl (C=O) groups is 1. The quantitative estimate of drug-likeness (QED) is 0.915. The van der Waals surface area contributed by atoms with Gasteiger partial charge in [-0.3, -0.25) is 4.79 Å². The number of carbonyl (C=O) groups excluding carboxylic acids is 1. The standard InChI is InChI=1S/C15H21BrN2O2/c1-11(20-13-5-3-12(16)4-6-13)14(19)18-8-7-15(2,9-17)10-18/h3-6,11H,7-10,17H2,1-2H3. The lowest BCUT2D eigenvalue weighted by Crippen LogP contribution is -2.41. The Morgan fingerprint density at radius 3 is 2.70 bits per heavy atom. The van der Waals surface area contributed by atoms with Gasteiger partial charge >= 0.3 is 0 Å². The van der Waals surface area contributed by atoms with Crippen molar-refractivity contribution < 1.29 is 9.53 Å². The number of hydrogen-bond acceptors (Lipinski definition) is 3. The van der Waals surface area contributed by atoms with Crippen molar-refractivity contribution in [2.45, 2.75) is 26.4 Å². The molecule has 0 aliphatic carbocycles. The summed E-state index contributed by atoms with van der Waals surface area (Å²) in [7, 11) is 0. The average molecular weight is 341 g/mol. The van der Waals surface area contributed by atoms with Crippen LogP contribution in [0.2, 0.25) is 0 Å². The molecule has 0 radical (unpaired) electrons. The maximum absolute atomic E-state index is 12.4. The van der Waals surface area contributed by atoms with E-state index in [0.29, 0.717) is 12.3 Å². The fraction of sp³-hybridized carbons (Fsp3) is 0.533. The fourth-order valence-electron chi connectivity index (χ4n) is 2.40. The Bertz CT molecular complexity index is 477. The molecule has 110 valence electrons. The fourth-order valence-corrected chi connectivity index (χ4v) is 2.67. The van der Waals surface area contributed by atoms with Crippen molar-refractivity contribution in [1.82, 2.24) is 4.90 Å². The summed E-state index contributed by atoms with van der Waals surface area (Å²) in [4.78, 5) is 14.2. The second-order valence-corrected chi connectivity index (χ2v) is 6.65. The van der Waals surface area contributed by atoms with E-state index in [1.54, 1.807) is 6.92 Å². The highest BCUT2D eigenvalue weighted by Crippen LogP contribution is 2.29. The minimum Gasteiger partial charge on any atom is -0.481 e. The predicted molar refractivity (Wildman–Crippen MR) is 82.6 cm³/mol. The molecule has 0 saturated carbocycles. The molecule has 4 nitrogen and oxygen atoms in total. The van der Waals surface area contributed by atoms with Crippen molar-refractivity contribution in [3.8, 4) is 5.75 Å². The van der Waals surface area contributed by atoms with Crippen LogP contribution in [0.3, 0.4) is 0 Å². The molecule has 1 aromatic rings. The zero-order valence-electron chi connectivity index (χ0n) is 11.9. The van der Waals surface area contributed by atoms with E-state index in [1.807, 2.05) is 29.2 Å². The van der Waals surface area contributed by atoms with E-state index in [4.69, 9.17) is 10.5 Å². The molecule has 20 heavy (non-hydrogen) atoms. The molecule has 2 N–H and O–H groups in total. The zero-order chi connectivity index (χ0) is 14.8. The highest BCUT2D eigenvalue weighted by molar-refractivity contribution is 9.10. The minimum absolute atomic E-state index is 0.0325. The van der Waals surface area contributed by atoms with E-state index in [9.17, 15) is 4.79 Å². The van der Waals surface area contributed by atoms with E-state index in [-0.39, 0.29) is 11.3 Å². The van der Waals surface area contributed by atoms with Crippen molar-refractivity contribution in [2.24, 2.45) is 11.1 Å². The molecule has 2 atom stereocenters. The number of ether oxygens (including phenoxy) is 1. The lowest BCUT2D eigenvalue weighted by Gasteiger charge is -2.25. The van der Waals surface area contributed by atoms with Gasteiger partial charge in [0.1, 0.15) is 5.75 Å². The SMILES string of the molecule is CC(Oc1ccc(Br)cc1)C(=O)N1CCC(C)(CN)C1. The maximum Gasteiger partial charge on any atom is 0.263 e. The van der Waals surface area contributed by atoms with E-state index in [1.165, 1.54) is 0 Å². The molecule has 1 saturated heterocycles. The second kappa shape index (κ2) is 6.14. The first kappa shape index (κ1) is 15.3. The van der Waals surface area contributed by atoms with Gasteiger partial charge in [0.15, 0.2) is 6.10 Å². The summed E-state index contributed by atoms with van der Waals surface area (Å²) in [5.74, 6) is 0.736. The molecule has 2 unspecified atom stereocenters. The van der Waals surface area contributed by atoms with Crippen LogP contribution in [0.4, 0.5) is 0 Å². The molecular formula is C15H21BrN2O2. The third-order valence-electron chi connectivity index (χ3n) is 3.84. The van der Waals surface area contributed by atoms with Crippen LogP contribution in [0.15, 0.2) is 28.7 Å². The highest BCUT2D eigenvalue weighted by atomic mass is 79.9. The van der Waals surface area contributed by atoms with Gasteiger partial charge in [-0.1, -0.05) is 22.9 Å². The van der Waals surface area contributed by atoms with Gasteiger partial charge in [0.2, 0.25) is 0 Å². The maximum atomic E-state index is 12.4. The Labute approximate surface area is 128 Å². The van der Waals surface area contributed by atoms with Crippen LogP contribution in [-0.4, -0.2) is 36.5 Å². The van der Waals surface area contributed by atoms with Crippen molar-refractivity contribution >= 4 is 21.8 Å². The lowest BCUT2D eigenvalue weighted by atomic mass is 9.90. The number of nitrogens with zero attached hydrogens (tertiary/aromatic N) is 1. The Hall–Kier alpha value is -1.07. The summed E-state index contributed by atoms with van der Waals surface area (Å²) < 4.78 is 6.69. The number of hydrogen-bond donors (Lipinski definition) is 1. The van der Waals surface area contributed by atoms with Crippen LogP contribution < -0.4 is 10.5 Å². The van der Waals surface area contributed by atoms with Crippen molar-refractivity contribution in [2.75, 3.05) is 19.6 Å². The lowest BCUT2D eigenvalue weighted by molar-refractivity contribution is -0.137. The number of rotatable bonds is 4. The van der Waals surface area contributed by atoms with Crippen molar-refractivity contribution in [3.63, 3.8) is 0 Å². The summed E-state index contributed by atoms with van der Waals surface area (Å²) in [6, 6.07) is 7.49. The first-order valence-corrected chi connectivity index (χ1v) is 7.64. The zero-order valence-corrected chi connectivity index (χ0v) is 13.5. The molecule has 1 amide bonds. The minimum atomic E-state index is -0.476. The smallest absolute Gasteiger partial charge is 0.263 e. The molecule has 5 heteroatoms. The number of halogens is 1.